The van der Waals surface area contributed by atoms with Crippen molar-refractivity contribution < 1.29 is 9.47 Å². The Morgan fingerprint density at radius 3 is 2.55 bits per heavy atom. The van der Waals surface area contributed by atoms with Gasteiger partial charge in [-0.05, 0) is 60.5 Å². The second-order valence-corrected chi connectivity index (χ2v) is 6.71. The maximum absolute atomic E-state index is 9.41. The van der Waals surface area contributed by atoms with Crippen LogP contribution in [-0.2, 0) is 6.61 Å². The highest BCUT2D eigenvalue weighted by molar-refractivity contribution is 5.82. The van der Waals surface area contributed by atoms with Gasteiger partial charge in [0, 0.05) is 23.3 Å². The van der Waals surface area contributed by atoms with Gasteiger partial charge in [0.15, 0.2) is 0 Å². The van der Waals surface area contributed by atoms with E-state index >= 15 is 0 Å². The number of hydrogen-bond acceptors (Lipinski definition) is 5. The Bertz CT molecular complexity index is 1210. The number of rotatable bonds is 5. The standard InChI is InChI=1S/C24H19N3O2/c1-16-11-21(8-9-22(16)26)29-20-6-4-17(5-7-20)15-28-24-13-23-18(3-2-10-27-23)12-19(24)14-25/h2-13H,15,26H2,1H3. The molecule has 1 heterocycles. The molecule has 0 atom stereocenters. The molecule has 0 bridgehead atoms. The minimum absolute atomic E-state index is 0.342. The molecular weight excluding hydrogens is 362 g/mol. The molecule has 0 saturated heterocycles. The van der Waals surface area contributed by atoms with E-state index in [2.05, 4.69) is 11.1 Å². The molecule has 1 aromatic heterocycles. The van der Waals surface area contributed by atoms with Gasteiger partial charge in [-0.3, -0.25) is 4.98 Å². The van der Waals surface area contributed by atoms with Crippen molar-refractivity contribution in [1.29, 1.82) is 5.26 Å². The highest BCUT2D eigenvalue weighted by Crippen LogP contribution is 2.27. The van der Waals surface area contributed by atoms with E-state index in [1.807, 2.05) is 61.5 Å². The molecule has 0 unspecified atom stereocenters. The number of hydrogen-bond donors (Lipinski definition) is 1. The third-order valence-corrected chi connectivity index (χ3v) is 4.62. The number of nitrogens with two attached hydrogens (primary N) is 1. The van der Waals surface area contributed by atoms with Crippen molar-refractivity contribution in [3.8, 4) is 23.3 Å². The summed E-state index contributed by atoms with van der Waals surface area (Å²) in [6.45, 7) is 2.29. The minimum atomic E-state index is 0.342. The van der Waals surface area contributed by atoms with Crippen molar-refractivity contribution in [2.24, 2.45) is 0 Å². The van der Waals surface area contributed by atoms with Gasteiger partial charge in [0.05, 0.1) is 11.1 Å². The van der Waals surface area contributed by atoms with Gasteiger partial charge < -0.3 is 15.2 Å². The summed E-state index contributed by atoms with van der Waals surface area (Å²) < 4.78 is 11.8. The molecule has 2 N–H and O–H groups in total. The molecule has 4 aromatic rings. The fraction of sp³-hybridized carbons (Fsp3) is 0.0833. The summed E-state index contributed by atoms with van der Waals surface area (Å²) in [4.78, 5) is 4.32. The van der Waals surface area contributed by atoms with Crippen LogP contribution in [0.5, 0.6) is 17.2 Å². The first-order valence-corrected chi connectivity index (χ1v) is 9.17. The van der Waals surface area contributed by atoms with Crippen LogP contribution in [-0.4, -0.2) is 4.98 Å². The van der Waals surface area contributed by atoms with E-state index < -0.39 is 0 Å². The number of ether oxygens (including phenoxy) is 2. The predicted octanol–water partition coefficient (Wildman–Crippen LogP) is 5.37. The van der Waals surface area contributed by atoms with E-state index in [-0.39, 0.29) is 0 Å². The molecule has 0 aliphatic carbocycles. The fourth-order valence-corrected chi connectivity index (χ4v) is 2.97. The highest BCUT2D eigenvalue weighted by Gasteiger charge is 2.07. The Labute approximate surface area is 169 Å². The monoisotopic (exact) mass is 381 g/mol. The Morgan fingerprint density at radius 1 is 1.00 bits per heavy atom. The topological polar surface area (TPSA) is 81.2 Å². The lowest BCUT2D eigenvalue weighted by Gasteiger charge is -2.11. The van der Waals surface area contributed by atoms with Gasteiger partial charge in [0.25, 0.3) is 0 Å². The summed E-state index contributed by atoms with van der Waals surface area (Å²) in [6, 6.07) is 22.8. The second kappa shape index (κ2) is 7.91. The van der Waals surface area contributed by atoms with Crippen LogP contribution in [0.1, 0.15) is 16.7 Å². The summed E-state index contributed by atoms with van der Waals surface area (Å²) >= 11 is 0. The Hall–Kier alpha value is -4.04. The molecule has 0 amide bonds. The van der Waals surface area contributed by atoms with Crippen molar-refractivity contribution in [2.75, 3.05) is 5.73 Å². The number of aromatic nitrogens is 1. The van der Waals surface area contributed by atoms with E-state index in [0.29, 0.717) is 17.9 Å². The third-order valence-electron chi connectivity index (χ3n) is 4.62. The molecule has 5 nitrogen and oxygen atoms in total. The van der Waals surface area contributed by atoms with Gasteiger partial charge >= 0.3 is 0 Å². The average Bonchev–Trinajstić information content (AvgIpc) is 2.75. The van der Waals surface area contributed by atoms with E-state index in [9.17, 15) is 5.26 Å². The Morgan fingerprint density at radius 2 is 1.79 bits per heavy atom. The molecule has 0 radical (unpaired) electrons. The van der Waals surface area contributed by atoms with Gasteiger partial charge in [-0.15, -0.1) is 0 Å². The smallest absolute Gasteiger partial charge is 0.139 e. The zero-order valence-corrected chi connectivity index (χ0v) is 15.9. The van der Waals surface area contributed by atoms with Gasteiger partial charge in [-0.25, -0.2) is 0 Å². The van der Waals surface area contributed by atoms with E-state index in [0.717, 1.165) is 39.2 Å². The van der Waals surface area contributed by atoms with Crippen LogP contribution < -0.4 is 15.2 Å². The van der Waals surface area contributed by atoms with E-state index in [4.69, 9.17) is 15.2 Å². The molecule has 142 valence electrons. The van der Waals surface area contributed by atoms with Gasteiger partial charge in [-0.2, -0.15) is 5.26 Å². The van der Waals surface area contributed by atoms with Gasteiger partial charge in [0.2, 0.25) is 0 Å². The fourth-order valence-electron chi connectivity index (χ4n) is 2.97. The lowest BCUT2D eigenvalue weighted by atomic mass is 10.1. The maximum Gasteiger partial charge on any atom is 0.139 e. The van der Waals surface area contributed by atoms with Crippen molar-refractivity contribution in [3.63, 3.8) is 0 Å². The van der Waals surface area contributed by atoms with Gasteiger partial charge in [0.1, 0.15) is 29.9 Å². The molecule has 29 heavy (non-hydrogen) atoms. The summed E-state index contributed by atoms with van der Waals surface area (Å²) in [5.41, 5.74) is 9.81. The molecule has 0 aliphatic rings. The first-order valence-electron chi connectivity index (χ1n) is 9.17. The molecule has 0 saturated carbocycles. The normalized spacial score (nSPS) is 10.5. The van der Waals surface area contributed by atoms with Crippen LogP contribution >= 0.6 is 0 Å². The number of nitrogens with zero attached hydrogens (tertiary/aromatic N) is 2. The SMILES string of the molecule is Cc1cc(Oc2ccc(COc3cc4ncccc4cc3C#N)cc2)ccc1N. The predicted molar refractivity (Wildman–Crippen MR) is 113 cm³/mol. The molecule has 0 fully saturated rings. The van der Waals surface area contributed by atoms with Crippen LogP contribution in [0.3, 0.4) is 0 Å². The molecule has 0 aliphatic heterocycles. The van der Waals surface area contributed by atoms with Crippen molar-refractivity contribution in [3.05, 3.63) is 89.6 Å². The van der Waals surface area contributed by atoms with E-state index in [1.54, 1.807) is 18.3 Å². The maximum atomic E-state index is 9.41. The molecule has 0 spiro atoms. The average molecular weight is 381 g/mol. The summed E-state index contributed by atoms with van der Waals surface area (Å²) in [5.74, 6) is 1.99. The lowest BCUT2D eigenvalue weighted by molar-refractivity contribution is 0.305. The second-order valence-electron chi connectivity index (χ2n) is 6.71. The van der Waals surface area contributed by atoms with Crippen molar-refractivity contribution >= 4 is 16.6 Å². The highest BCUT2D eigenvalue weighted by atomic mass is 16.5. The number of benzene rings is 3. The minimum Gasteiger partial charge on any atom is -0.487 e. The Kier molecular flexibility index (Phi) is 5.00. The number of pyridine rings is 1. The Balaban J connectivity index is 1.46. The van der Waals surface area contributed by atoms with Gasteiger partial charge in [-0.1, -0.05) is 18.2 Å². The first kappa shape index (κ1) is 18.3. The number of fused-ring (bicyclic) bond motifs is 1. The van der Waals surface area contributed by atoms with Crippen LogP contribution in [0.4, 0.5) is 5.69 Å². The number of nitriles is 1. The quantitative estimate of drug-likeness (QED) is 0.470. The molecular formula is C24H19N3O2. The van der Waals surface area contributed by atoms with E-state index in [1.165, 1.54) is 0 Å². The number of nitrogen functional groups attached to an aromatic ring is 1. The molecule has 5 heteroatoms. The number of aryl methyl sites for hydroxylation is 1. The van der Waals surface area contributed by atoms with Crippen LogP contribution in [0.2, 0.25) is 0 Å². The molecule has 4 rings (SSSR count). The largest absolute Gasteiger partial charge is 0.487 e. The van der Waals surface area contributed by atoms with Crippen molar-refractivity contribution in [2.45, 2.75) is 13.5 Å². The summed E-state index contributed by atoms with van der Waals surface area (Å²) in [6.07, 6.45) is 1.72. The lowest BCUT2D eigenvalue weighted by Crippen LogP contribution is -1.98. The van der Waals surface area contributed by atoms with Crippen molar-refractivity contribution in [1.82, 2.24) is 4.98 Å². The van der Waals surface area contributed by atoms with Crippen LogP contribution in [0, 0.1) is 18.3 Å². The zero-order valence-electron chi connectivity index (χ0n) is 15.9. The first-order chi connectivity index (χ1) is 14.1. The van der Waals surface area contributed by atoms with Crippen LogP contribution in [0.15, 0.2) is 72.9 Å². The number of anilines is 1. The molecule has 3 aromatic carbocycles. The summed E-state index contributed by atoms with van der Waals surface area (Å²) in [7, 11) is 0. The van der Waals surface area contributed by atoms with Crippen LogP contribution in [0.25, 0.3) is 10.9 Å². The summed E-state index contributed by atoms with van der Waals surface area (Å²) in [5, 5.41) is 10.3. The zero-order chi connectivity index (χ0) is 20.2. The third kappa shape index (κ3) is 4.12.